The van der Waals surface area contributed by atoms with Gasteiger partial charge in [-0.2, -0.15) is 0 Å². The molecule has 2 aromatic rings. The van der Waals surface area contributed by atoms with Crippen LogP contribution in [0.4, 0.5) is 0 Å². The van der Waals surface area contributed by atoms with E-state index in [2.05, 4.69) is 66.7 Å². The molecule has 2 nitrogen and oxygen atoms in total. The second-order valence-electron chi connectivity index (χ2n) is 7.44. The molecule has 0 aromatic heterocycles. The molecule has 3 aliphatic carbocycles. The summed E-state index contributed by atoms with van der Waals surface area (Å²) in [6, 6.07) is 21.1. The fraction of sp³-hybridized carbons (Fsp3) is 0.292. The topological polar surface area (TPSA) is 26.3 Å². The SMILES string of the molecule is CCOC(=O)C1=C(c2ccccc2)[C@H]2[C@@H]3C=C[C@H]([C@@H]12)[C@H]3c1ccccc1. The summed E-state index contributed by atoms with van der Waals surface area (Å²) < 4.78 is 5.43. The Morgan fingerprint density at radius 1 is 0.846 bits per heavy atom. The van der Waals surface area contributed by atoms with Crippen LogP contribution in [0, 0.1) is 23.7 Å². The summed E-state index contributed by atoms with van der Waals surface area (Å²) in [5, 5.41) is 0. The molecule has 5 atom stereocenters. The van der Waals surface area contributed by atoms with Gasteiger partial charge in [0.15, 0.2) is 0 Å². The maximum absolute atomic E-state index is 12.8. The lowest BCUT2D eigenvalue weighted by Crippen LogP contribution is -2.37. The largest absolute Gasteiger partial charge is 0.463 e. The van der Waals surface area contributed by atoms with Gasteiger partial charge in [0.2, 0.25) is 0 Å². The molecule has 1 saturated carbocycles. The van der Waals surface area contributed by atoms with Gasteiger partial charge < -0.3 is 4.74 Å². The zero-order chi connectivity index (χ0) is 17.7. The molecule has 0 radical (unpaired) electrons. The third kappa shape index (κ3) is 2.08. The van der Waals surface area contributed by atoms with Crippen molar-refractivity contribution in [3.8, 4) is 0 Å². The van der Waals surface area contributed by atoms with Crippen LogP contribution in [0.1, 0.15) is 24.0 Å². The van der Waals surface area contributed by atoms with E-state index < -0.39 is 0 Å². The number of rotatable bonds is 4. The molecule has 2 aromatic carbocycles. The molecule has 2 heteroatoms. The Morgan fingerprint density at radius 3 is 2.12 bits per heavy atom. The maximum Gasteiger partial charge on any atom is 0.334 e. The third-order valence-electron chi connectivity index (χ3n) is 6.32. The Bertz CT molecular complexity index is 894. The molecule has 0 spiro atoms. The van der Waals surface area contributed by atoms with Crippen molar-refractivity contribution in [1.29, 1.82) is 0 Å². The molecule has 0 amide bonds. The van der Waals surface area contributed by atoms with Gasteiger partial charge in [0.25, 0.3) is 0 Å². The standard InChI is InChI=1S/C24H22O2/c1-2-26-24(25)23-20(16-11-7-4-8-12-16)21-17-13-14-18(22(21)23)19(17)15-9-5-3-6-10-15/h3-14,17-19,21-22H,2H2,1H3/t17-,18+,19+,21-,22-/m1/s1. The summed E-state index contributed by atoms with van der Waals surface area (Å²) in [6.07, 6.45) is 4.72. The molecule has 26 heavy (non-hydrogen) atoms. The lowest BCUT2D eigenvalue weighted by molar-refractivity contribution is -0.139. The van der Waals surface area contributed by atoms with Crippen molar-refractivity contribution in [3.05, 3.63) is 89.5 Å². The highest BCUT2D eigenvalue weighted by Crippen LogP contribution is 2.68. The average Bonchev–Trinajstić information content (AvgIpc) is 3.16. The Labute approximate surface area is 154 Å². The van der Waals surface area contributed by atoms with Crippen molar-refractivity contribution in [2.24, 2.45) is 23.7 Å². The van der Waals surface area contributed by atoms with Gasteiger partial charge in [0.05, 0.1) is 6.61 Å². The molecule has 130 valence electrons. The van der Waals surface area contributed by atoms with Gasteiger partial charge in [-0.25, -0.2) is 4.79 Å². The van der Waals surface area contributed by atoms with Crippen molar-refractivity contribution in [1.82, 2.24) is 0 Å². The first-order valence-electron chi connectivity index (χ1n) is 9.51. The van der Waals surface area contributed by atoms with Crippen molar-refractivity contribution in [3.63, 3.8) is 0 Å². The first-order chi connectivity index (χ1) is 12.8. The highest BCUT2D eigenvalue weighted by atomic mass is 16.5. The predicted octanol–water partition coefficient (Wildman–Crippen LogP) is 4.85. The Balaban J connectivity index is 1.59. The normalized spacial score (nSPS) is 30.9. The third-order valence-corrected chi connectivity index (χ3v) is 6.32. The minimum Gasteiger partial charge on any atom is -0.463 e. The van der Waals surface area contributed by atoms with E-state index in [1.165, 1.54) is 16.7 Å². The Morgan fingerprint density at radius 2 is 1.46 bits per heavy atom. The van der Waals surface area contributed by atoms with Gasteiger partial charge >= 0.3 is 5.97 Å². The lowest BCUT2D eigenvalue weighted by atomic mass is 9.61. The number of carbonyl (C=O) groups is 1. The van der Waals surface area contributed by atoms with Crippen molar-refractivity contribution in [2.45, 2.75) is 12.8 Å². The molecule has 3 aliphatic rings. The molecule has 0 N–H and O–H groups in total. The minimum absolute atomic E-state index is 0.125. The number of esters is 1. The minimum atomic E-state index is -0.125. The van der Waals surface area contributed by atoms with Crippen LogP contribution in [0.15, 0.2) is 78.4 Å². The van der Waals surface area contributed by atoms with Crippen molar-refractivity contribution < 1.29 is 9.53 Å². The summed E-state index contributed by atoms with van der Waals surface area (Å²) in [7, 11) is 0. The molecule has 0 unspecified atom stereocenters. The van der Waals surface area contributed by atoms with Crippen LogP contribution in [0.25, 0.3) is 5.57 Å². The number of benzene rings is 2. The van der Waals surface area contributed by atoms with Gasteiger partial charge in [-0.3, -0.25) is 0 Å². The molecular weight excluding hydrogens is 320 g/mol. The fourth-order valence-corrected chi connectivity index (χ4v) is 5.46. The first kappa shape index (κ1) is 15.6. The van der Waals surface area contributed by atoms with E-state index in [0.717, 1.165) is 5.57 Å². The second kappa shape index (κ2) is 5.98. The fourth-order valence-electron chi connectivity index (χ4n) is 5.46. The van der Waals surface area contributed by atoms with E-state index in [1.807, 2.05) is 13.0 Å². The summed E-state index contributed by atoms with van der Waals surface area (Å²) >= 11 is 0. The summed E-state index contributed by atoms with van der Waals surface area (Å²) in [6.45, 7) is 2.30. The molecule has 0 saturated heterocycles. The lowest BCUT2D eigenvalue weighted by Gasteiger charge is -2.42. The van der Waals surface area contributed by atoms with E-state index in [9.17, 15) is 4.79 Å². The molecular formula is C24H22O2. The van der Waals surface area contributed by atoms with Crippen LogP contribution in [-0.2, 0) is 9.53 Å². The Kier molecular flexibility index (Phi) is 3.59. The molecule has 2 bridgehead atoms. The van der Waals surface area contributed by atoms with Crippen LogP contribution in [-0.4, -0.2) is 12.6 Å². The summed E-state index contributed by atoms with van der Waals surface area (Å²) in [5.41, 5.74) is 4.69. The van der Waals surface area contributed by atoms with E-state index in [-0.39, 0.29) is 5.97 Å². The van der Waals surface area contributed by atoms with Crippen LogP contribution in [0.3, 0.4) is 0 Å². The molecule has 0 heterocycles. The number of ether oxygens (including phenoxy) is 1. The quantitative estimate of drug-likeness (QED) is 0.586. The van der Waals surface area contributed by atoms with Gasteiger partial charge in [0.1, 0.15) is 0 Å². The van der Waals surface area contributed by atoms with Crippen molar-refractivity contribution in [2.75, 3.05) is 6.61 Å². The van der Waals surface area contributed by atoms with Crippen LogP contribution in [0.5, 0.6) is 0 Å². The van der Waals surface area contributed by atoms with E-state index in [4.69, 9.17) is 4.74 Å². The van der Waals surface area contributed by atoms with Gasteiger partial charge in [-0.1, -0.05) is 72.8 Å². The van der Waals surface area contributed by atoms with Gasteiger partial charge in [0, 0.05) is 11.5 Å². The van der Waals surface area contributed by atoms with E-state index in [1.54, 1.807) is 0 Å². The zero-order valence-electron chi connectivity index (χ0n) is 14.8. The highest BCUT2D eigenvalue weighted by Gasteiger charge is 2.61. The first-order valence-corrected chi connectivity index (χ1v) is 9.51. The monoisotopic (exact) mass is 342 g/mol. The molecule has 5 rings (SSSR count). The van der Waals surface area contributed by atoms with Gasteiger partial charge in [-0.05, 0) is 47.3 Å². The second-order valence-corrected chi connectivity index (χ2v) is 7.44. The Hall–Kier alpha value is -2.61. The van der Waals surface area contributed by atoms with Gasteiger partial charge in [-0.15, -0.1) is 0 Å². The summed E-state index contributed by atoms with van der Waals surface area (Å²) in [5.74, 6) is 1.94. The summed E-state index contributed by atoms with van der Waals surface area (Å²) in [4.78, 5) is 12.8. The number of fused-ring (bicyclic) bond motifs is 5. The molecule has 0 aliphatic heterocycles. The smallest absolute Gasteiger partial charge is 0.334 e. The average molecular weight is 342 g/mol. The van der Waals surface area contributed by atoms with Crippen LogP contribution in [0.2, 0.25) is 0 Å². The number of allylic oxidation sites excluding steroid dienone is 3. The highest BCUT2D eigenvalue weighted by molar-refractivity contribution is 6.03. The van der Waals surface area contributed by atoms with E-state index >= 15 is 0 Å². The van der Waals surface area contributed by atoms with Crippen LogP contribution < -0.4 is 0 Å². The van der Waals surface area contributed by atoms with E-state index in [0.29, 0.717) is 36.2 Å². The molecule has 1 fully saturated rings. The van der Waals surface area contributed by atoms with Crippen LogP contribution >= 0.6 is 0 Å². The number of carbonyl (C=O) groups excluding carboxylic acids is 1. The number of hydrogen-bond acceptors (Lipinski definition) is 2. The predicted molar refractivity (Wildman–Crippen MR) is 102 cm³/mol. The number of hydrogen-bond donors (Lipinski definition) is 0. The maximum atomic E-state index is 12.8. The zero-order valence-corrected chi connectivity index (χ0v) is 14.8. The van der Waals surface area contributed by atoms with Crippen molar-refractivity contribution >= 4 is 11.5 Å².